The van der Waals surface area contributed by atoms with Crippen LogP contribution in [0.25, 0.3) is 0 Å². The average molecular weight is 342 g/mol. The number of epoxide rings is 3. The van der Waals surface area contributed by atoms with Crippen molar-refractivity contribution in [1.82, 2.24) is 0 Å². The molecular formula is C18H30O6. The molecule has 24 heavy (non-hydrogen) atoms. The minimum atomic E-state index is 0.0619. The van der Waals surface area contributed by atoms with Crippen LogP contribution in [-0.2, 0) is 28.4 Å². The summed E-state index contributed by atoms with van der Waals surface area (Å²) in [5.74, 6) is 0.491. The van der Waals surface area contributed by atoms with Crippen LogP contribution in [0.5, 0.6) is 0 Å². The Bertz CT molecular complexity index is 373. The highest BCUT2D eigenvalue weighted by molar-refractivity contribution is 4.91. The third kappa shape index (κ3) is 5.13. The van der Waals surface area contributed by atoms with Crippen molar-refractivity contribution >= 4 is 0 Å². The zero-order chi connectivity index (χ0) is 16.2. The van der Waals surface area contributed by atoms with Crippen molar-refractivity contribution in [2.75, 3.05) is 59.5 Å². The maximum Gasteiger partial charge on any atom is 0.104 e. The van der Waals surface area contributed by atoms with E-state index in [9.17, 15) is 0 Å². The SMILES string of the molecule is C1CCC(COCC2CO2)(COCC2CO2)C(COCC2CO2)C1. The first kappa shape index (κ1) is 17.2. The van der Waals surface area contributed by atoms with Crippen molar-refractivity contribution in [3.63, 3.8) is 0 Å². The third-order valence-electron chi connectivity index (χ3n) is 5.56. The predicted molar refractivity (Wildman–Crippen MR) is 86.1 cm³/mol. The molecule has 138 valence electrons. The molecule has 1 saturated carbocycles. The van der Waals surface area contributed by atoms with Gasteiger partial charge in [-0.2, -0.15) is 0 Å². The molecule has 6 nitrogen and oxygen atoms in total. The molecule has 0 N–H and O–H groups in total. The lowest BCUT2D eigenvalue weighted by molar-refractivity contribution is -0.0986. The first-order chi connectivity index (χ1) is 11.8. The van der Waals surface area contributed by atoms with Gasteiger partial charge in [0.1, 0.15) is 18.3 Å². The van der Waals surface area contributed by atoms with Gasteiger partial charge in [0.15, 0.2) is 0 Å². The van der Waals surface area contributed by atoms with Gasteiger partial charge in [0.2, 0.25) is 0 Å². The fraction of sp³-hybridized carbons (Fsp3) is 1.00. The molecule has 0 radical (unpaired) electrons. The van der Waals surface area contributed by atoms with Crippen LogP contribution in [0, 0.1) is 11.3 Å². The highest BCUT2D eigenvalue weighted by Crippen LogP contribution is 2.42. The van der Waals surface area contributed by atoms with Crippen molar-refractivity contribution in [2.45, 2.75) is 44.0 Å². The molecule has 4 unspecified atom stereocenters. The predicted octanol–water partition coefficient (Wildman–Crippen LogP) is 1.41. The van der Waals surface area contributed by atoms with Gasteiger partial charge < -0.3 is 28.4 Å². The second kappa shape index (κ2) is 7.98. The van der Waals surface area contributed by atoms with E-state index in [1.165, 1.54) is 19.3 Å². The molecule has 0 aromatic heterocycles. The molecule has 6 heteroatoms. The van der Waals surface area contributed by atoms with Gasteiger partial charge in [0.05, 0.1) is 59.5 Å². The molecule has 0 aromatic carbocycles. The van der Waals surface area contributed by atoms with Gasteiger partial charge in [0.25, 0.3) is 0 Å². The van der Waals surface area contributed by atoms with E-state index in [4.69, 9.17) is 28.4 Å². The lowest BCUT2D eigenvalue weighted by atomic mass is 9.67. The second-order valence-electron chi connectivity index (χ2n) is 7.74. The number of ether oxygens (including phenoxy) is 6. The van der Waals surface area contributed by atoms with Crippen molar-refractivity contribution in [1.29, 1.82) is 0 Å². The van der Waals surface area contributed by atoms with E-state index in [0.717, 1.165) is 52.7 Å². The lowest BCUT2D eigenvalue weighted by Gasteiger charge is -2.43. The monoisotopic (exact) mass is 342 g/mol. The lowest BCUT2D eigenvalue weighted by Crippen LogP contribution is -2.45. The molecule has 4 rings (SSSR count). The maximum absolute atomic E-state index is 6.03. The van der Waals surface area contributed by atoms with Gasteiger partial charge in [-0.1, -0.05) is 12.8 Å². The summed E-state index contributed by atoms with van der Waals surface area (Å²) in [5.41, 5.74) is 0.0619. The standard InChI is InChI=1S/C18H30O6/c1-2-4-18(12-20-7-16-10-23-16,13-21-8-17-11-24-17)14(3-1)5-19-6-15-9-22-15/h14-17H,1-13H2. The summed E-state index contributed by atoms with van der Waals surface area (Å²) in [7, 11) is 0. The van der Waals surface area contributed by atoms with E-state index in [-0.39, 0.29) is 5.41 Å². The van der Waals surface area contributed by atoms with E-state index in [1.54, 1.807) is 0 Å². The van der Waals surface area contributed by atoms with E-state index >= 15 is 0 Å². The Morgan fingerprint density at radius 2 is 1.25 bits per heavy atom. The van der Waals surface area contributed by atoms with Crippen LogP contribution in [-0.4, -0.2) is 77.8 Å². The molecule has 0 aromatic rings. The van der Waals surface area contributed by atoms with Crippen LogP contribution in [0.1, 0.15) is 25.7 Å². The van der Waals surface area contributed by atoms with Crippen LogP contribution < -0.4 is 0 Å². The van der Waals surface area contributed by atoms with E-state index < -0.39 is 0 Å². The van der Waals surface area contributed by atoms with Crippen molar-refractivity contribution in [3.8, 4) is 0 Å². The fourth-order valence-electron chi connectivity index (χ4n) is 3.68. The average Bonchev–Trinajstić information content (AvgIpc) is 3.44. The number of hydrogen-bond acceptors (Lipinski definition) is 6. The summed E-state index contributed by atoms with van der Waals surface area (Å²) < 4.78 is 33.8. The molecule has 4 atom stereocenters. The Balaban J connectivity index is 1.31. The van der Waals surface area contributed by atoms with Crippen LogP contribution >= 0.6 is 0 Å². The molecule has 3 aliphatic heterocycles. The van der Waals surface area contributed by atoms with Gasteiger partial charge in [-0.25, -0.2) is 0 Å². The van der Waals surface area contributed by atoms with Crippen molar-refractivity contribution in [3.05, 3.63) is 0 Å². The minimum absolute atomic E-state index is 0.0619. The molecule has 1 aliphatic carbocycles. The fourth-order valence-corrected chi connectivity index (χ4v) is 3.68. The minimum Gasteiger partial charge on any atom is -0.378 e. The Morgan fingerprint density at radius 3 is 1.79 bits per heavy atom. The number of rotatable bonds is 12. The highest BCUT2D eigenvalue weighted by atomic mass is 16.6. The maximum atomic E-state index is 6.03. The molecule has 3 heterocycles. The van der Waals surface area contributed by atoms with E-state index in [1.807, 2.05) is 0 Å². The smallest absolute Gasteiger partial charge is 0.104 e. The molecule has 0 amide bonds. The van der Waals surface area contributed by atoms with Gasteiger partial charge in [-0.3, -0.25) is 0 Å². The third-order valence-corrected chi connectivity index (χ3v) is 5.56. The number of hydrogen-bond donors (Lipinski definition) is 0. The van der Waals surface area contributed by atoms with E-state index in [2.05, 4.69) is 0 Å². The quantitative estimate of drug-likeness (QED) is 0.500. The summed E-state index contributed by atoms with van der Waals surface area (Å²) in [6.07, 6.45) is 5.81. The summed E-state index contributed by atoms with van der Waals surface area (Å²) in [5, 5.41) is 0. The van der Waals surface area contributed by atoms with E-state index in [0.29, 0.717) is 37.4 Å². The second-order valence-corrected chi connectivity index (χ2v) is 7.74. The Labute approximate surface area is 144 Å². The molecular weight excluding hydrogens is 312 g/mol. The Morgan fingerprint density at radius 1 is 0.708 bits per heavy atom. The van der Waals surface area contributed by atoms with Crippen LogP contribution in [0.2, 0.25) is 0 Å². The highest BCUT2D eigenvalue weighted by Gasteiger charge is 2.42. The zero-order valence-electron chi connectivity index (χ0n) is 14.5. The van der Waals surface area contributed by atoms with Gasteiger partial charge in [-0.15, -0.1) is 0 Å². The van der Waals surface area contributed by atoms with Gasteiger partial charge in [-0.05, 0) is 18.8 Å². The van der Waals surface area contributed by atoms with Crippen LogP contribution in [0.4, 0.5) is 0 Å². The zero-order valence-corrected chi connectivity index (χ0v) is 14.5. The summed E-state index contributed by atoms with van der Waals surface area (Å²) in [6.45, 7) is 6.94. The van der Waals surface area contributed by atoms with Crippen molar-refractivity contribution in [2.24, 2.45) is 11.3 Å². The summed E-state index contributed by atoms with van der Waals surface area (Å²) in [4.78, 5) is 0. The molecule has 4 aliphatic rings. The Hall–Kier alpha value is -0.240. The first-order valence-electron chi connectivity index (χ1n) is 9.42. The molecule has 3 saturated heterocycles. The van der Waals surface area contributed by atoms with Crippen molar-refractivity contribution < 1.29 is 28.4 Å². The topological polar surface area (TPSA) is 65.3 Å². The van der Waals surface area contributed by atoms with Crippen LogP contribution in [0.3, 0.4) is 0 Å². The molecule has 0 spiro atoms. The summed E-state index contributed by atoms with van der Waals surface area (Å²) in [6, 6.07) is 0. The van der Waals surface area contributed by atoms with Gasteiger partial charge >= 0.3 is 0 Å². The van der Waals surface area contributed by atoms with Gasteiger partial charge in [0, 0.05) is 5.41 Å². The first-order valence-corrected chi connectivity index (χ1v) is 9.42. The summed E-state index contributed by atoms with van der Waals surface area (Å²) >= 11 is 0. The molecule has 4 fully saturated rings. The van der Waals surface area contributed by atoms with Crippen LogP contribution in [0.15, 0.2) is 0 Å². The largest absolute Gasteiger partial charge is 0.378 e. The Kier molecular flexibility index (Phi) is 5.71. The molecule has 0 bridgehead atoms. The normalized spacial score (nSPS) is 40.5.